The number of esters is 1. The molecule has 1 aliphatic rings. The first-order valence-electron chi connectivity index (χ1n) is 6.74. The molecule has 1 aliphatic heterocycles. The number of nitrogens with zero attached hydrogens (tertiary/aromatic N) is 1. The first-order valence-corrected chi connectivity index (χ1v) is 9.19. The minimum atomic E-state index is -3.33. The molecule has 1 fully saturated rings. The lowest BCUT2D eigenvalue weighted by atomic mass is 10.2. The fourth-order valence-electron chi connectivity index (χ4n) is 2.49. The van der Waals surface area contributed by atoms with E-state index in [4.69, 9.17) is 4.74 Å². The number of benzene rings is 1. The molecule has 21 heavy (non-hydrogen) atoms. The molecule has 116 valence electrons. The van der Waals surface area contributed by atoms with Gasteiger partial charge in [-0.3, -0.25) is 9.69 Å². The highest BCUT2D eigenvalue weighted by Crippen LogP contribution is 2.20. The maximum absolute atomic E-state index is 12.3. The number of carbonyl (C=O) groups excluding carboxylic acids is 1. The summed E-state index contributed by atoms with van der Waals surface area (Å²) < 4.78 is 30.2. The topological polar surface area (TPSA) is 63.7 Å². The van der Waals surface area contributed by atoms with Crippen LogP contribution in [0.25, 0.3) is 0 Å². The number of hydrogen-bond acceptors (Lipinski definition) is 5. The maximum Gasteiger partial charge on any atom is 0.323 e. The van der Waals surface area contributed by atoms with Crippen LogP contribution in [0, 0.1) is 0 Å². The molecule has 0 N–H and O–H groups in total. The predicted molar refractivity (Wildman–Crippen MR) is 82.8 cm³/mol. The summed E-state index contributed by atoms with van der Waals surface area (Å²) in [6.45, 7) is 1.08. The minimum Gasteiger partial charge on any atom is -0.468 e. The Balaban J connectivity index is 2.01. The smallest absolute Gasteiger partial charge is 0.323 e. The number of methoxy groups -OCH3 is 1. The van der Waals surface area contributed by atoms with Crippen molar-refractivity contribution in [2.45, 2.75) is 23.8 Å². The van der Waals surface area contributed by atoms with E-state index in [2.05, 4.69) is 15.9 Å². The first kappa shape index (κ1) is 16.5. The zero-order valence-corrected chi connectivity index (χ0v) is 14.2. The summed E-state index contributed by atoms with van der Waals surface area (Å²) >= 11 is 3.28. The predicted octanol–water partition coefficient (Wildman–Crippen LogP) is 1.86. The number of likely N-dealkylation sites (tertiary alicyclic amines) is 1. The molecule has 1 unspecified atom stereocenters. The van der Waals surface area contributed by atoms with Gasteiger partial charge < -0.3 is 4.74 Å². The van der Waals surface area contributed by atoms with Gasteiger partial charge in [-0.15, -0.1) is 0 Å². The Bertz CT molecular complexity index is 600. The maximum atomic E-state index is 12.3. The molecule has 0 amide bonds. The van der Waals surface area contributed by atoms with Gasteiger partial charge in [0.1, 0.15) is 6.04 Å². The van der Waals surface area contributed by atoms with Gasteiger partial charge in [0.25, 0.3) is 0 Å². The zero-order valence-electron chi connectivity index (χ0n) is 11.8. The van der Waals surface area contributed by atoms with Crippen LogP contribution in [-0.4, -0.2) is 51.3 Å². The SMILES string of the molecule is COC(=O)C1CCCN1CCS(=O)(=O)c1ccc(Br)cc1. The lowest BCUT2D eigenvalue weighted by molar-refractivity contribution is -0.145. The van der Waals surface area contributed by atoms with E-state index in [1.54, 1.807) is 24.3 Å². The van der Waals surface area contributed by atoms with Gasteiger partial charge in [0.15, 0.2) is 9.84 Å². The molecule has 1 atom stereocenters. The molecule has 0 spiro atoms. The van der Waals surface area contributed by atoms with Gasteiger partial charge in [0.05, 0.1) is 17.8 Å². The highest BCUT2D eigenvalue weighted by atomic mass is 79.9. The normalized spacial score (nSPS) is 19.6. The molecule has 1 saturated heterocycles. The van der Waals surface area contributed by atoms with Crippen molar-refractivity contribution >= 4 is 31.7 Å². The quantitative estimate of drug-likeness (QED) is 0.734. The Morgan fingerprint density at radius 2 is 2.05 bits per heavy atom. The monoisotopic (exact) mass is 375 g/mol. The van der Waals surface area contributed by atoms with Crippen LogP contribution in [0.5, 0.6) is 0 Å². The van der Waals surface area contributed by atoms with Gasteiger partial charge in [-0.05, 0) is 43.7 Å². The molecule has 1 aromatic carbocycles. The molecule has 5 nitrogen and oxygen atoms in total. The number of hydrogen-bond donors (Lipinski definition) is 0. The third-order valence-electron chi connectivity index (χ3n) is 3.66. The van der Waals surface area contributed by atoms with E-state index in [0.29, 0.717) is 11.4 Å². The van der Waals surface area contributed by atoms with Gasteiger partial charge in [0, 0.05) is 11.0 Å². The Morgan fingerprint density at radius 3 is 2.67 bits per heavy atom. The number of rotatable bonds is 5. The van der Waals surface area contributed by atoms with Crippen molar-refractivity contribution in [1.82, 2.24) is 4.90 Å². The van der Waals surface area contributed by atoms with Gasteiger partial charge in [0.2, 0.25) is 0 Å². The van der Waals surface area contributed by atoms with Crippen LogP contribution in [0.2, 0.25) is 0 Å². The average Bonchev–Trinajstić information content (AvgIpc) is 2.93. The van der Waals surface area contributed by atoms with Crippen molar-refractivity contribution in [2.24, 2.45) is 0 Å². The molecule has 0 aliphatic carbocycles. The van der Waals surface area contributed by atoms with Crippen LogP contribution in [0.15, 0.2) is 33.6 Å². The summed E-state index contributed by atoms with van der Waals surface area (Å²) in [4.78, 5) is 13.8. The first-order chi connectivity index (χ1) is 9.94. The van der Waals surface area contributed by atoms with Crippen LogP contribution in [0.3, 0.4) is 0 Å². The Morgan fingerprint density at radius 1 is 1.38 bits per heavy atom. The van der Waals surface area contributed by atoms with E-state index in [1.165, 1.54) is 7.11 Å². The summed E-state index contributed by atoms with van der Waals surface area (Å²) in [5, 5.41) is 0. The molecule has 0 saturated carbocycles. The van der Waals surface area contributed by atoms with Crippen LogP contribution in [0.4, 0.5) is 0 Å². The third kappa shape index (κ3) is 4.05. The van der Waals surface area contributed by atoms with Crippen LogP contribution < -0.4 is 0 Å². The third-order valence-corrected chi connectivity index (χ3v) is 5.90. The highest BCUT2D eigenvalue weighted by Gasteiger charge is 2.32. The number of sulfone groups is 1. The summed E-state index contributed by atoms with van der Waals surface area (Å²) in [5.41, 5.74) is 0. The van der Waals surface area contributed by atoms with Crippen molar-refractivity contribution in [3.8, 4) is 0 Å². The van der Waals surface area contributed by atoms with Crippen LogP contribution in [-0.2, 0) is 19.4 Å². The minimum absolute atomic E-state index is 0.00211. The fourth-order valence-corrected chi connectivity index (χ4v) is 4.02. The van der Waals surface area contributed by atoms with Crippen LogP contribution >= 0.6 is 15.9 Å². The second-order valence-corrected chi connectivity index (χ2v) is 8.01. The molecule has 0 bridgehead atoms. The summed E-state index contributed by atoms with van der Waals surface area (Å²) in [6, 6.07) is 6.28. The molecular weight excluding hydrogens is 358 g/mol. The Kier molecular flexibility index (Phi) is 5.40. The van der Waals surface area contributed by atoms with Crippen molar-refractivity contribution in [3.63, 3.8) is 0 Å². The average molecular weight is 376 g/mol. The van der Waals surface area contributed by atoms with Crippen molar-refractivity contribution in [3.05, 3.63) is 28.7 Å². The summed E-state index contributed by atoms with van der Waals surface area (Å²) in [5.74, 6) is -0.282. The summed E-state index contributed by atoms with van der Waals surface area (Å²) in [6.07, 6.45) is 1.61. The number of ether oxygens (including phenoxy) is 1. The molecular formula is C14H18BrNO4S. The second-order valence-electron chi connectivity index (χ2n) is 4.99. The van der Waals surface area contributed by atoms with Crippen LogP contribution in [0.1, 0.15) is 12.8 Å². The van der Waals surface area contributed by atoms with E-state index in [0.717, 1.165) is 23.9 Å². The van der Waals surface area contributed by atoms with E-state index in [-0.39, 0.29) is 17.8 Å². The second kappa shape index (κ2) is 6.89. The highest BCUT2D eigenvalue weighted by molar-refractivity contribution is 9.10. The fraction of sp³-hybridized carbons (Fsp3) is 0.500. The summed E-state index contributed by atoms with van der Waals surface area (Å²) in [7, 11) is -1.98. The number of carbonyl (C=O) groups is 1. The number of halogens is 1. The largest absolute Gasteiger partial charge is 0.468 e. The molecule has 2 rings (SSSR count). The van der Waals surface area contributed by atoms with Gasteiger partial charge in [-0.1, -0.05) is 15.9 Å². The lowest BCUT2D eigenvalue weighted by Gasteiger charge is -2.22. The van der Waals surface area contributed by atoms with Gasteiger partial charge in [-0.25, -0.2) is 8.42 Å². The van der Waals surface area contributed by atoms with Crippen molar-refractivity contribution in [1.29, 1.82) is 0 Å². The Labute approximate surface area is 133 Å². The lowest BCUT2D eigenvalue weighted by Crippen LogP contribution is -2.39. The van der Waals surface area contributed by atoms with Crippen molar-refractivity contribution < 1.29 is 17.9 Å². The molecule has 7 heteroatoms. The van der Waals surface area contributed by atoms with Gasteiger partial charge >= 0.3 is 5.97 Å². The molecule has 0 radical (unpaired) electrons. The van der Waals surface area contributed by atoms with E-state index in [1.807, 2.05) is 4.90 Å². The van der Waals surface area contributed by atoms with Crippen molar-refractivity contribution in [2.75, 3.05) is 26.0 Å². The molecule has 0 aromatic heterocycles. The zero-order chi connectivity index (χ0) is 15.5. The van der Waals surface area contributed by atoms with E-state index in [9.17, 15) is 13.2 Å². The van der Waals surface area contributed by atoms with Gasteiger partial charge in [-0.2, -0.15) is 0 Å². The Hall–Kier alpha value is -0.920. The van der Waals surface area contributed by atoms with E-state index < -0.39 is 9.84 Å². The molecule has 1 aromatic rings. The molecule has 1 heterocycles. The van der Waals surface area contributed by atoms with E-state index >= 15 is 0 Å². The standard InChI is InChI=1S/C14H18BrNO4S/c1-20-14(17)13-3-2-8-16(13)9-10-21(18,19)12-6-4-11(15)5-7-12/h4-7,13H,2-3,8-10H2,1H3.